The number of hydrogen-bond acceptors (Lipinski definition) is 5. The van der Waals surface area contributed by atoms with Crippen molar-refractivity contribution in [2.24, 2.45) is 4.99 Å². The van der Waals surface area contributed by atoms with Gasteiger partial charge in [0.05, 0.1) is 5.75 Å². The van der Waals surface area contributed by atoms with Gasteiger partial charge in [-0.2, -0.15) is 0 Å². The monoisotopic (exact) mass is 407 g/mol. The molecule has 0 aliphatic carbocycles. The summed E-state index contributed by atoms with van der Waals surface area (Å²) in [6.45, 7) is 3.58. The maximum Gasteiger partial charge on any atom is 0.213 e. The van der Waals surface area contributed by atoms with Gasteiger partial charge in [0.25, 0.3) is 0 Å². The fraction of sp³-hybridized carbons (Fsp3) is 0.611. The van der Waals surface area contributed by atoms with E-state index in [1.165, 1.54) is 0 Å². The molecule has 0 aromatic carbocycles. The number of guanidine groups is 1. The summed E-state index contributed by atoms with van der Waals surface area (Å²) in [5.41, 5.74) is 0.861. The summed E-state index contributed by atoms with van der Waals surface area (Å²) < 4.78 is 27.5. The van der Waals surface area contributed by atoms with E-state index >= 15 is 0 Å². The summed E-state index contributed by atoms with van der Waals surface area (Å²) in [6.07, 6.45) is 5.27. The van der Waals surface area contributed by atoms with Gasteiger partial charge in [0.1, 0.15) is 5.82 Å². The molecule has 0 radical (unpaired) electrons. The second-order valence-electron chi connectivity index (χ2n) is 6.87. The zero-order valence-electron chi connectivity index (χ0n) is 16.5. The minimum atomic E-state index is -3.09. The van der Waals surface area contributed by atoms with Crippen LogP contribution in [0.3, 0.4) is 0 Å². The molecule has 2 N–H and O–H groups in total. The van der Waals surface area contributed by atoms with E-state index in [-0.39, 0.29) is 11.8 Å². The summed E-state index contributed by atoms with van der Waals surface area (Å²) in [4.78, 5) is 4.28. The Kier molecular flexibility index (Phi) is 6.84. The average molecular weight is 408 g/mol. The average Bonchev–Trinajstić information content (AvgIpc) is 3.14. The van der Waals surface area contributed by atoms with Gasteiger partial charge in [0, 0.05) is 45.3 Å². The molecule has 0 saturated carbocycles. The minimum absolute atomic E-state index is 0.162. The van der Waals surface area contributed by atoms with Gasteiger partial charge in [-0.15, -0.1) is 10.2 Å². The molecule has 0 spiro atoms. The number of sulfonamides is 1. The molecule has 3 rings (SSSR count). The highest BCUT2D eigenvalue weighted by atomic mass is 32.2. The van der Waals surface area contributed by atoms with Crippen molar-refractivity contribution in [2.45, 2.75) is 38.6 Å². The quantitative estimate of drug-likeness (QED) is 0.397. The number of fused-ring (bicyclic) bond motifs is 1. The molecule has 1 aliphatic rings. The van der Waals surface area contributed by atoms with Crippen LogP contribution in [0.4, 0.5) is 0 Å². The maximum absolute atomic E-state index is 12.0. The van der Waals surface area contributed by atoms with Crippen LogP contribution in [0.25, 0.3) is 5.65 Å². The minimum Gasteiger partial charge on any atom is -0.356 e. The van der Waals surface area contributed by atoms with Gasteiger partial charge in [-0.3, -0.25) is 9.39 Å². The van der Waals surface area contributed by atoms with Gasteiger partial charge in [-0.1, -0.05) is 6.07 Å². The zero-order chi connectivity index (χ0) is 20.0. The normalized spacial score (nSPS) is 17.1. The first-order valence-corrected chi connectivity index (χ1v) is 11.4. The van der Waals surface area contributed by atoms with Crippen LogP contribution >= 0.6 is 0 Å². The van der Waals surface area contributed by atoms with Gasteiger partial charge in [0.2, 0.25) is 10.0 Å². The molecule has 0 amide bonds. The van der Waals surface area contributed by atoms with E-state index < -0.39 is 10.0 Å². The number of piperidine rings is 1. The summed E-state index contributed by atoms with van der Waals surface area (Å²) in [7, 11) is -1.34. The summed E-state index contributed by atoms with van der Waals surface area (Å²) in [6, 6.07) is 6.10. The third-order valence-corrected chi connectivity index (χ3v) is 6.91. The van der Waals surface area contributed by atoms with E-state index in [2.05, 4.69) is 25.8 Å². The highest BCUT2D eigenvalue weighted by Gasteiger charge is 2.26. The summed E-state index contributed by atoms with van der Waals surface area (Å²) in [5, 5.41) is 15.1. The molecule has 1 saturated heterocycles. The second kappa shape index (κ2) is 9.33. The molecule has 0 atom stereocenters. The third kappa shape index (κ3) is 4.99. The van der Waals surface area contributed by atoms with Crippen molar-refractivity contribution < 1.29 is 8.42 Å². The Labute approximate surface area is 166 Å². The number of nitrogens with zero attached hydrogens (tertiary/aromatic N) is 5. The number of nitrogens with one attached hydrogen (secondary N) is 2. The molecular weight excluding hydrogens is 378 g/mol. The lowest BCUT2D eigenvalue weighted by atomic mass is 10.1. The first kappa shape index (κ1) is 20.5. The fourth-order valence-corrected chi connectivity index (χ4v) is 4.50. The van der Waals surface area contributed by atoms with Crippen molar-refractivity contribution in [1.29, 1.82) is 0 Å². The van der Waals surface area contributed by atoms with E-state index in [0.717, 1.165) is 49.7 Å². The van der Waals surface area contributed by atoms with Crippen LogP contribution in [-0.4, -0.2) is 71.8 Å². The SMILES string of the molecule is CCS(=O)(=O)N1CCC(NC(=NC)NCCCc2nnc3ccccn23)CC1. The standard InChI is InChI=1S/C18H29N7O2S/c1-3-28(26,27)24-13-9-15(10-14-24)21-18(19-2)20-11-6-8-17-23-22-16-7-4-5-12-25(16)17/h4-5,7,12,15H,3,6,8-11,13-14H2,1-2H3,(H2,19,20,21). The first-order valence-electron chi connectivity index (χ1n) is 9.77. The molecule has 3 heterocycles. The van der Waals surface area contributed by atoms with E-state index in [1.54, 1.807) is 18.3 Å². The smallest absolute Gasteiger partial charge is 0.213 e. The zero-order valence-corrected chi connectivity index (χ0v) is 17.3. The number of hydrogen-bond donors (Lipinski definition) is 2. The molecule has 1 aliphatic heterocycles. The molecule has 10 heteroatoms. The molecule has 28 heavy (non-hydrogen) atoms. The van der Waals surface area contributed by atoms with Crippen LogP contribution in [-0.2, 0) is 16.4 Å². The Bertz CT molecular complexity index is 902. The molecule has 0 unspecified atom stereocenters. The van der Waals surface area contributed by atoms with Crippen LogP contribution in [0.2, 0.25) is 0 Å². The number of aryl methyl sites for hydroxylation is 1. The van der Waals surface area contributed by atoms with Gasteiger partial charge in [0.15, 0.2) is 11.6 Å². The van der Waals surface area contributed by atoms with Crippen LogP contribution in [0.1, 0.15) is 32.0 Å². The largest absolute Gasteiger partial charge is 0.356 e. The van der Waals surface area contributed by atoms with Crippen LogP contribution in [0.5, 0.6) is 0 Å². The van der Waals surface area contributed by atoms with Gasteiger partial charge in [-0.05, 0) is 38.3 Å². The summed E-state index contributed by atoms with van der Waals surface area (Å²) in [5.74, 6) is 1.86. The van der Waals surface area contributed by atoms with Crippen LogP contribution < -0.4 is 10.6 Å². The predicted octanol–water partition coefficient (Wildman–Crippen LogP) is 0.641. The Hall–Kier alpha value is -2.20. The van der Waals surface area contributed by atoms with Crippen LogP contribution in [0, 0.1) is 0 Å². The molecule has 9 nitrogen and oxygen atoms in total. The molecule has 0 bridgehead atoms. The number of aromatic nitrogens is 3. The van der Waals surface area contributed by atoms with Crippen molar-refractivity contribution in [3.63, 3.8) is 0 Å². The van der Waals surface area contributed by atoms with Crippen molar-refractivity contribution in [3.8, 4) is 0 Å². The van der Waals surface area contributed by atoms with Crippen molar-refractivity contribution in [1.82, 2.24) is 29.5 Å². The Morgan fingerprint density at radius 1 is 1.29 bits per heavy atom. The highest BCUT2D eigenvalue weighted by molar-refractivity contribution is 7.89. The Morgan fingerprint density at radius 2 is 2.07 bits per heavy atom. The van der Waals surface area contributed by atoms with Crippen LogP contribution in [0.15, 0.2) is 29.4 Å². The van der Waals surface area contributed by atoms with Crippen molar-refractivity contribution >= 4 is 21.6 Å². The van der Waals surface area contributed by atoms with Gasteiger partial charge < -0.3 is 10.6 Å². The van der Waals surface area contributed by atoms with E-state index in [0.29, 0.717) is 13.1 Å². The lowest BCUT2D eigenvalue weighted by molar-refractivity contribution is 0.306. The number of pyridine rings is 1. The predicted molar refractivity (Wildman–Crippen MR) is 110 cm³/mol. The van der Waals surface area contributed by atoms with E-state index in [4.69, 9.17) is 0 Å². The van der Waals surface area contributed by atoms with Gasteiger partial charge in [-0.25, -0.2) is 12.7 Å². The van der Waals surface area contributed by atoms with E-state index in [1.807, 2.05) is 28.8 Å². The molecule has 2 aromatic rings. The topological polar surface area (TPSA) is 104 Å². The molecular formula is C18H29N7O2S. The fourth-order valence-electron chi connectivity index (χ4n) is 3.36. The highest BCUT2D eigenvalue weighted by Crippen LogP contribution is 2.14. The Morgan fingerprint density at radius 3 is 2.79 bits per heavy atom. The molecule has 154 valence electrons. The van der Waals surface area contributed by atoms with Crippen molar-refractivity contribution in [2.75, 3.05) is 32.4 Å². The lowest BCUT2D eigenvalue weighted by Crippen LogP contribution is -2.50. The number of rotatable bonds is 7. The molecule has 2 aromatic heterocycles. The van der Waals surface area contributed by atoms with Gasteiger partial charge >= 0.3 is 0 Å². The van der Waals surface area contributed by atoms with E-state index in [9.17, 15) is 8.42 Å². The number of aliphatic imine (C=N–C) groups is 1. The van der Waals surface area contributed by atoms with Crippen molar-refractivity contribution in [3.05, 3.63) is 30.2 Å². The maximum atomic E-state index is 12.0. The Balaban J connectivity index is 1.41. The molecule has 1 fully saturated rings. The first-order chi connectivity index (χ1) is 13.5. The lowest BCUT2D eigenvalue weighted by Gasteiger charge is -2.32. The second-order valence-corrected chi connectivity index (χ2v) is 9.12. The third-order valence-electron chi connectivity index (χ3n) is 5.03. The summed E-state index contributed by atoms with van der Waals surface area (Å²) >= 11 is 0.